The van der Waals surface area contributed by atoms with E-state index in [1.165, 1.54) is 18.2 Å². The van der Waals surface area contributed by atoms with Crippen LogP contribution in [0.1, 0.15) is 33.3 Å². The molecule has 0 fully saturated rings. The largest absolute Gasteiger partial charge is 0.444 e. The minimum absolute atomic E-state index is 0.187. The Labute approximate surface area is 134 Å². The van der Waals surface area contributed by atoms with Crippen LogP contribution in [0.25, 0.3) is 0 Å². The van der Waals surface area contributed by atoms with Crippen LogP contribution < -0.4 is 10.6 Å². The standard InChI is InChI=1S/C15H20N4O4/c1-10(9-17-14(20)23-15(2,3)4)18-12-6-5-11(8-16)7-13(12)19(21)22/h5-7,10,18H,9H2,1-4H3,(H,17,20). The van der Waals surface area contributed by atoms with Crippen molar-refractivity contribution in [3.8, 4) is 6.07 Å². The molecule has 0 saturated heterocycles. The zero-order chi connectivity index (χ0) is 17.6. The third-order valence-corrected chi connectivity index (χ3v) is 2.68. The van der Waals surface area contributed by atoms with Gasteiger partial charge in [0.15, 0.2) is 0 Å². The van der Waals surface area contributed by atoms with Crippen molar-refractivity contribution in [3.63, 3.8) is 0 Å². The molecule has 1 aromatic carbocycles. The summed E-state index contributed by atoms with van der Waals surface area (Å²) in [4.78, 5) is 22.1. The number of alkyl carbamates (subject to hydrolysis) is 1. The van der Waals surface area contributed by atoms with Crippen molar-refractivity contribution in [2.75, 3.05) is 11.9 Å². The van der Waals surface area contributed by atoms with E-state index < -0.39 is 16.6 Å². The first-order valence-corrected chi connectivity index (χ1v) is 7.04. The minimum atomic E-state index is -0.591. The Kier molecular flexibility index (Phi) is 5.90. The van der Waals surface area contributed by atoms with Crippen molar-refractivity contribution in [1.29, 1.82) is 5.26 Å². The molecule has 0 saturated carbocycles. The first-order chi connectivity index (χ1) is 10.6. The highest BCUT2D eigenvalue weighted by Crippen LogP contribution is 2.25. The molecule has 1 rings (SSSR count). The molecule has 0 aliphatic rings. The minimum Gasteiger partial charge on any atom is -0.444 e. The maximum Gasteiger partial charge on any atom is 0.407 e. The fraction of sp³-hybridized carbons (Fsp3) is 0.467. The van der Waals surface area contributed by atoms with Crippen LogP contribution in [0, 0.1) is 21.4 Å². The zero-order valence-electron chi connectivity index (χ0n) is 13.5. The Bertz CT molecular complexity index is 631. The lowest BCUT2D eigenvalue weighted by atomic mass is 10.1. The molecule has 8 nitrogen and oxygen atoms in total. The Hall–Kier alpha value is -2.82. The van der Waals surface area contributed by atoms with Gasteiger partial charge in [-0.1, -0.05) is 0 Å². The number of nitriles is 1. The van der Waals surface area contributed by atoms with Crippen LogP contribution >= 0.6 is 0 Å². The van der Waals surface area contributed by atoms with Gasteiger partial charge < -0.3 is 15.4 Å². The van der Waals surface area contributed by atoms with E-state index in [1.807, 2.05) is 6.07 Å². The van der Waals surface area contributed by atoms with E-state index in [1.54, 1.807) is 27.7 Å². The number of hydrogen-bond acceptors (Lipinski definition) is 6. The Morgan fingerprint density at radius 3 is 2.65 bits per heavy atom. The number of ether oxygens (including phenoxy) is 1. The van der Waals surface area contributed by atoms with Gasteiger partial charge in [0.25, 0.3) is 5.69 Å². The van der Waals surface area contributed by atoms with Gasteiger partial charge in [0.05, 0.1) is 16.6 Å². The number of rotatable bonds is 5. The monoisotopic (exact) mass is 320 g/mol. The zero-order valence-corrected chi connectivity index (χ0v) is 13.5. The molecule has 0 spiro atoms. The average Bonchev–Trinajstić information content (AvgIpc) is 2.43. The topological polar surface area (TPSA) is 117 Å². The summed E-state index contributed by atoms with van der Waals surface area (Å²) in [6, 6.07) is 5.76. The smallest absolute Gasteiger partial charge is 0.407 e. The summed E-state index contributed by atoms with van der Waals surface area (Å²) in [5, 5.41) is 25.4. The molecular formula is C15H20N4O4. The Balaban J connectivity index is 2.68. The van der Waals surface area contributed by atoms with Gasteiger partial charge >= 0.3 is 6.09 Å². The predicted octanol–water partition coefficient (Wildman–Crippen LogP) is 2.79. The molecule has 1 amide bonds. The van der Waals surface area contributed by atoms with E-state index in [9.17, 15) is 14.9 Å². The second-order valence-electron chi connectivity index (χ2n) is 6.03. The van der Waals surface area contributed by atoms with Crippen molar-refractivity contribution in [1.82, 2.24) is 5.32 Å². The number of hydrogen-bond donors (Lipinski definition) is 2. The molecule has 0 aliphatic heterocycles. The van der Waals surface area contributed by atoms with Crippen LogP contribution in [0.5, 0.6) is 0 Å². The van der Waals surface area contributed by atoms with Gasteiger partial charge in [-0.25, -0.2) is 4.79 Å². The molecule has 1 unspecified atom stereocenters. The van der Waals surface area contributed by atoms with Crippen molar-refractivity contribution in [3.05, 3.63) is 33.9 Å². The second kappa shape index (κ2) is 7.45. The summed E-state index contributed by atoms with van der Waals surface area (Å²) in [6.07, 6.45) is -0.555. The highest BCUT2D eigenvalue weighted by molar-refractivity contribution is 5.68. The van der Waals surface area contributed by atoms with Crippen molar-refractivity contribution < 1.29 is 14.5 Å². The molecule has 0 heterocycles. The molecule has 1 atom stereocenters. The van der Waals surface area contributed by atoms with E-state index in [2.05, 4.69) is 10.6 Å². The summed E-state index contributed by atoms with van der Waals surface area (Å²) in [7, 11) is 0. The Morgan fingerprint density at radius 1 is 1.48 bits per heavy atom. The molecular weight excluding hydrogens is 300 g/mol. The average molecular weight is 320 g/mol. The van der Waals surface area contributed by atoms with Gasteiger partial charge in [-0.15, -0.1) is 0 Å². The lowest BCUT2D eigenvalue weighted by molar-refractivity contribution is -0.384. The van der Waals surface area contributed by atoms with Gasteiger partial charge in [0, 0.05) is 18.7 Å². The summed E-state index contributed by atoms with van der Waals surface area (Å²) >= 11 is 0. The van der Waals surface area contributed by atoms with Crippen LogP contribution in [-0.2, 0) is 4.74 Å². The maximum absolute atomic E-state index is 11.6. The summed E-state index contributed by atoms with van der Waals surface area (Å²) in [5.74, 6) is 0. The lowest BCUT2D eigenvalue weighted by Crippen LogP contribution is -2.38. The molecule has 23 heavy (non-hydrogen) atoms. The highest BCUT2D eigenvalue weighted by atomic mass is 16.6. The molecule has 8 heteroatoms. The summed E-state index contributed by atoms with van der Waals surface area (Å²) in [5.41, 5.74) is -0.283. The summed E-state index contributed by atoms with van der Waals surface area (Å²) in [6.45, 7) is 7.27. The van der Waals surface area contributed by atoms with Gasteiger partial charge in [-0.05, 0) is 39.8 Å². The second-order valence-corrected chi connectivity index (χ2v) is 6.03. The van der Waals surface area contributed by atoms with E-state index in [-0.39, 0.29) is 29.5 Å². The number of anilines is 1. The quantitative estimate of drug-likeness (QED) is 0.636. The van der Waals surface area contributed by atoms with Crippen LogP contribution in [0.4, 0.5) is 16.2 Å². The Morgan fingerprint density at radius 2 is 2.13 bits per heavy atom. The SMILES string of the molecule is CC(CNC(=O)OC(C)(C)C)Nc1ccc(C#N)cc1[N+](=O)[O-]. The lowest BCUT2D eigenvalue weighted by Gasteiger charge is -2.21. The number of benzene rings is 1. The molecule has 2 N–H and O–H groups in total. The van der Waals surface area contributed by atoms with E-state index in [4.69, 9.17) is 10.00 Å². The van der Waals surface area contributed by atoms with Crippen LogP contribution in [0.2, 0.25) is 0 Å². The molecule has 0 aliphatic carbocycles. The number of nitro groups is 1. The number of nitro benzene ring substituents is 1. The van der Waals surface area contributed by atoms with Crippen LogP contribution in [0.15, 0.2) is 18.2 Å². The third-order valence-electron chi connectivity index (χ3n) is 2.68. The number of nitrogens with zero attached hydrogens (tertiary/aromatic N) is 2. The first kappa shape index (κ1) is 18.2. The molecule has 0 aromatic heterocycles. The van der Waals surface area contributed by atoms with Gasteiger partial charge in [-0.2, -0.15) is 5.26 Å². The van der Waals surface area contributed by atoms with Crippen LogP contribution in [-0.4, -0.2) is 29.2 Å². The van der Waals surface area contributed by atoms with Gasteiger partial charge in [-0.3, -0.25) is 10.1 Å². The van der Waals surface area contributed by atoms with Crippen molar-refractivity contribution >= 4 is 17.5 Å². The normalized spacial score (nSPS) is 12.0. The van der Waals surface area contributed by atoms with E-state index in [0.29, 0.717) is 0 Å². The number of carbonyl (C=O) groups is 1. The summed E-state index contributed by atoms with van der Waals surface area (Å²) < 4.78 is 5.11. The molecule has 0 bridgehead atoms. The number of carbonyl (C=O) groups excluding carboxylic acids is 1. The van der Waals surface area contributed by atoms with Gasteiger partial charge in [0.2, 0.25) is 0 Å². The van der Waals surface area contributed by atoms with E-state index in [0.717, 1.165) is 0 Å². The molecule has 124 valence electrons. The van der Waals surface area contributed by atoms with E-state index >= 15 is 0 Å². The predicted molar refractivity (Wildman–Crippen MR) is 85.1 cm³/mol. The fourth-order valence-electron chi connectivity index (χ4n) is 1.74. The highest BCUT2D eigenvalue weighted by Gasteiger charge is 2.18. The molecule has 1 aromatic rings. The number of nitrogens with one attached hydrogen (secondary N) is 2. The first-order valence-electron chi connectivity index (χ1n) is 7.04. The van der Waals surface area contributed by atoms with Gasteiger partial charge in [0.1, 0.15) is 11.3 Å². The van der Waals surface area contributed by atoms with Crippen molar-refractivity contribution in [2.45, 2.75) is 39.3 Å². The van der Waals surface area contributed by atoms with Crippen molar-refractivity contribution in [2.24, 2.45) is 0 Å². The number of amides is 1. The third kappa shape index (κ3) is 6.22. The maximum atomic E-state index is 11.6. The van der Waals surface area contributed by atoms with Crippen LogP contribution in [0.3, 0.4) is 0 Å². The fourth-order valence-corrected chi connectivity index (χ4v) is 1.74. The molecule has 0 radical (unpaired) electrons.